The Hall–Kier alpha value is -2.04. The molecular weight excluding hydrogens is 180 g/mol. The Morgan fingerprint density at radius 3 is 2.71 bits per heavy atom. The van der Waals surface area contributed by atoms with Gasteiger partial charge in [0.15, 0.2) is 0 Å². The number of carbonyl (C=O) groups excluding carboxylic acids is 1. The highest BCUT2D eigenvalue weighted by Crippen LogP contribution is 2.02. The largest absolute Gasteiger partial charge is 0.290 e. The molecule has 1 N–H and O–H groups in total. The first-order chi connectivity index (χ1) is 6.86. The summed E-state index contributed by atoms with van der Waals surface area (Å²) in [5.41, 5.74) is 0.947. The summed E-state index contributed by atoms with van der Waals surface area (Å²) in [5.74, 6) is -0.00111. The first-order valence-corrected chi connectivity index (χ1v) is 4.17. The number of hydrogen-bond donors (Lipinski definition) is 1. The van der Waals surface area contributed by atoms with Gasteiger partial charge in [0, 0.05) is 6.42 Å². The van der Waals surface area contributed by atoms with E-state index >= 15 is 0 Å². The summed E-state index contributed by atoms with van der Waals surface area (Å²) in [6, 6.07) is 9.45. The summed E-state index contributed by atoms with van der Waals surface area (Å²) >= 11 is 0. The van der Waals surface area contributed by atoms with Crippen LogP contribution in [0.4, 0.5) is 0 Å². The second kappa shape index (κ2) is 3.78. The van der Waals surface area contributed by atoms with Crippen LogP contribution in [0.5, 0.6) is 0 Å². The second-order valence-electron chi connectivity index (χ2n) is 2.82. The van der Waals surface area contributed by atoms with Crippen LogP contribution in [0.25, 0.3) is 0 Å². The van der Waals surface area contributed by atoms with Crippen LogP contribution >= 0.6 is 0 Å². The maximum Gasteiger partial charge on any atom is 0.240 e. The molecule has 2 rings (SSSR count). The van der Waals surface area contributed by atoms with Crippen LogP contribution in [0, 0.1) is 0 Å². The molecular formula is C9H8N4O. The summed E-state index contributed by atoms with van der Waals surface area (Å²) < 4.78 is 0. The van der Waals surface area contributed by atoms with Gasteiger partial charge in [0.2, 0.25) is 11.6 Å². The van der Waals surface area contributed by atoms with E-state index in [9.17, 15) is 4.79 Å². The molecule has 1 heterocycles. The van der Waals surface area contributed by atoms with Crippen molar-refractivity contribution in [3.63, 3.8) is 0 Å². The Morgan fingerprint density at radius 1 is 1.29 bits per heavy atom. The number of benzene rings is 1. The highest BCUT2D eigenvalue weighted by atomic mass is 16.1. The van der Waals surface area contributed by atoms with E-state index in [0.717, 1.165) is 5.56 Å². The first-order valence-electron chi connectivity index (χ1n) is 4.17. The molecule has 14 heavy (non-hydrogen) atoms. The third-order valence-electron chi connectivity index (χ3n) is 1.80. The summed E-state index contributed by atoms with van der Waals surface area (Å²) in [7, 11) is 0. The number of aromatic nitrogens is 4. The molecule has 0 aliphatic heterocycles. The van der Waals surface area contributed by atoms with Crippen molar-refractivity contribution in [3.05, 3.63) is 41.7 Å². The third-order valence-corrected chi connectivity index (χ3v) is 1.80. The predicted octanol–water partition coefficient (Wildman–Crippen LogP) is 0.625. The van der Waals surface area contributed by atoms with Gasteiger partial charge < -0.3 is 0 Å². The van der Waals surface area contributed by atoms with Crippen LogP contribution in [0.1, 0.15) is 16.2 Å². The zero-order valence-corrected chi connectivity index (χ0v) is 7.34. The predicted molar refractivity (Wildman–Crippen MR) is 48.7 cm³/mol. The van der Waals surface area contributed by atoms with Crippen molar-refractivity contribution in [2.24, 2.45) is 0 Å². The number of carbonyl (C=O) groups is 1. The van der Waals surface area contributed by atoms with Crippen molar-refractivity contribution in [2.45, 2.75) is 6.42 Å². The number of nitrogens with one attached hydrogen (secondary N) is 1. The van der Waals surface area contributed by atoms with E-state index in [4.69, 9.17) is 0 Å². The van der Waals surface area contributed by atoms with Gasteiger partial charge in [-0.05, 0) is 10.8 Å². The van der Waals surface area contributed by atoms with Gasteiger partial charge >= 0.3 is 0 Å². The Labute approximate surface area is 80.2 Å². The standard InChI is InChI=1S/C9H8N4O/c14-8(9-10-12-13-11-9)6-7-4-2-1-3-5-7/h1-5H,6H2,(H,10,11,12,13). The highest BCUT2D eigenvalue weighted by Gasteiger charge is 2.10. The molecule has 5 heteroatoms. The van der Waals surface area contributed by atoms with E-state index in [-0.39, 0.29) is 11.6 Å². The zero-order valence-electron chi connectivity index (χ0n) is 7.34. The zero-order chi connectivity index (χ0) is 9.80. The average molecular weight is 188 g/mol. The van der Waals surface area contributed by atoms with E-state index in [2.05, 4.69) is 20.6 Å². The summed E-state index contributed by atoms with van der Waals surface area (Å²) in [6.07, 6.45) is 0.306. The van der Waals surface area contributed by atoms with Crippen LogP contribution < -0.4 is 0 Å². The molecule has 0 atom stereocenters. The number of rotatable bonds is 3. The number of H-pyrrole nitrogens is 1. The Bertz CT molecular complexity index is 410. The fourth-order valence-electron chi connectivity index (χ4n) is 1.14. The number of Topliss-reactive ketones (excluding diaryl/α,β-unsaturated/α-hetero) is 1. The number of ketones is 1. The molecule has 0 fully saturated rings. The van der Waals surface area contributed by atoms with Crippen molar-refractivity contribution in [1.29, 1.82) is 0 Å². The van der Waals surface area contributed by atoms with Gasteiger partial charge in [0.25, 0.3) is 0 Å². The second-order valence-corrected chi connectivity index (χ2v) is 2.82. The van der Waals surface area contributed by atoms with Gasteiger partial charge in [-0.25, -0.2) is 0 Å². The van der Waals surface area contributed by atoms with Crippen LogP contribution in [-0.4, -0.2) is 26.4 Å². The van der Waals surface area contributed by atoms with Gasteiger partial charge in [-0.2, -0.15) is 5.21 Å². The fraction of sp³-hybridized carbons (Fsp3) is 0.111. The third kappa shape index (κ3) is 1.82. The van der Waals surface area contributed by atoms with E-state index in [1.165, 1.54) is 0 Å². The van der Waals surface area contributed by atoms with Crippen molar-refractivity contribution in [3.8, 4) is 0 Å². The lowest BCUT2D eigenvalue weighted by Crippen LogP contribution is -2.05. The van der Waals surface area contributed by atoms with Gasteiger partial charge in [-0.1, -0.05) is 30.3 Å². The van der Waals surface area contributed by atoms with Crippen LogP contribution in [0.2, 0.25) is 0 Å². The fourth-order valence-corrected chi connectivity index (χ4v) is 1.14. The first kappa shape index (κ1) is 8.55. The van der Waals surface area contributed by atoms with Crippen molar-refractivity contribution >= 4 is 5.78 Å². The maximum atomic E-state index is 11.5. The van der Waals surface area contributed by atoms with Gasteiger partial charge in [-0.3, -0.25) is 4.79 Å². The topological polar surface area (TPSA) is 71.5 Å². The quantitative estimate of drug-likeness (QED) is 0.717. The number of aromatic amines is 1. The van der Waals surface area contributed by atoms with Crippen LogP contribution in [0.15, 0.2) is 30.3 Å². The summed E-state index contributed by atoms with van der Waals surface area (Å²) in [5, 5.41) is 12.8. The molecule has 0 amide bonds. The number of hydrogen-bond acceptors (Lipinski definition) is 4. The summed E-state index contributed by atoms with van der Waals surface area (Å²) in [4.78, 5) is 11.5. The van der Waals surface area contributed by atoms with Crippen molar-refractivity contribution in [2.75, 3.05) is 0 Å². The van der Waals surface area contributed by atoms with Crippen LogP contribution in [0.3, 0.4) is 0 Å². The smallest absolute Gasteiger partial charge is 0.240 e. The lowest BCUT2D eigenvalue weighted by molar-refractivity contribution is 0.0983. The van der Waals surface area contributed by atoms with E-state index in [1.54, 1.807) is 0 Å². The lowest BCUT2D eigenvalue weighted by atomic mass is 10.1. The molecule has 1 aromatic heterocycles. The molecule has 0 aliphatic rings. The molecule has 5 nitrogen and oxygen atoms in total. The van der Waals surface area contributed by atoms with Crippen molar-refractivity contribution in [1.82, 2.24) is 20.6 Å². The molecule has 0 unspecified atom stereocenters. The minimum Gasteiger partial charge on any atom is -0.290 e. The molecule has 2 aromatic rings. The minimum absolute atomic E-state index is 0.133. The van der Waals surface area contributed by atoms with E-state index in [1.807, 2.05) is 30.3 Å². The molecule has 0 bridgehead atoms. The van der Waals surface area contributed by atoms with Gasteiger partial charge in [-0.15, -0.1) is 10.2 Å². The molecule has 0 saturated carbocycles. The van der Waals surface area contributed by atoms with Gasteiger partial charge in [0.05, 0.1) is 0 Å². The molecule has 0 spiro atoms. The summed E-state index contributed by atoms with van der Waals surface area (Å²) in [6.45, 7) is 0. The molecule has 70 valence electrons. The Kier molecular flexibility index (Phi) is 2.31. The van der Waals surface area contributed by atoms with Crippen molar-refractivity contribution < 1.29 is 4.79 Å². The Morgan fingerprint density at radius 2 is 2.07 bits per heavy atom. The molecule has 0 saturated heterocycles. The van der Waals surface area contributed by atoms with Gasteiger partial charge in [0.1, 0.15) is 0 Å². The Balaban J connectivity index is 2.10. The highest BCUT2D eigenvalue weighted by molar-refractivity contribution is 5.93. The molecule has 0 radical (unpaired) electrons. The SMILES string of the molecule is O=C(Cc1ccccc1)c1nn[nH]n1. The monoisotopic (exact) mass is 188 g/mol. The molecule has 1 aromatic carbocycles. The van der Waals surface area contributed by atoms with Crippen LogP contribution in [-0.2, 0) is 6.42 Å². The molecule has 0 aliphatic carbocycles. The maximum absolute atomic E-state index is 11.5. The van der Waals surface area contributed by atoms with E-state index in [0.29, 0.717) is 6.42 Å². The van der Waals surface area contributed by atoms with E-state index < -0.39 is 0 Å². The minimum atomic E-state index is -0.134. The normalized spacial score (nSPS) is 10.0. The lowest BCUT2D eigenvalue weighted by Gasteiger charge is -1.95. The number of nitrogens with zero attached hydrogens (tertiary/aromatic N) is 3. The number of tetrazole rings is 1. The average Bonchev–Trinajstić information content (AvgIpc) is 2.72.